The minimum atomic E-state index is -0.317. The molecular weight excluding hydrogens is 424 g/mol. The Balaban J connectivity index is 1.87. The lowest BCUT2D eigenvalue weighted by Crippen LogP contribution is -2.50. The van der Waals surface area contributed by atoms with Gasteiger partial charge in [-0.3, -0.25) is 0 Å². The molecule has 1 aromatic carbocycles. The molecule has 0 radical (unpaired) electrons. The highest BCUT2D eigenvalue weighted by atomic mass is 16.5. The molecule has 1 unspecified atom stereocenters. The first-order valence-corrected chi connectivity index (χ1v) is 12.8. The summed E-state index contributed by atoms with van der Waals surface area (Å²) in [6, 6.07) is 9.30. The van der Waals surface area contributed by atoms with Gasteiger partial charge in [0.05, 0.1) is 12.2 Å². The third-order valence-corrected chi connectivity index (χ3v) is 7.86. The van der Waals surface area contributed by atoms with Gasteiger partial charge in [-0.2, -0.15) is 0 Å². The van der Waals surface area contributed by atoms with Gasteiger partial charge in [0.2, 0.25) is 0 Å². The maximum atomic E-state index is 12.9. The number of ether oxygens (including phenoxy) is 2. The summed E-state index contributed by atoms with van der Waals surface area (Å²) in [6.07, 6.45) is 12.7. The van der Waals surface area contributed by atoms with Gasteiger partial charge in [0.15, 0.2) is 0 Å². The lowest BCUT2D eigenvalue weighted by Gasteiger charge is -2.53. The van der Waals surface area contributed by atoms with Crippen LogP contribution in [0.2, 0.25) is 0 Å². The van der Waals surface area contributed by atoms with Gasteiger partial charge in [0.25, 0.3) is 0 Å². The third kappa shape index (κ3) is 6.08. The van der Waals surface area contributed by atoms with Crippen molar-refractivity contribution in [2.45, 2.75) is 60.0 Å². The molecule has 0 heterocycles. The van der Waals surface area contributed by atoms with E-state index in [4.69, 9.17) is 9.47 Å². The Bertz CT molecular complexity index is 913. The fraction of sp³-hybridized carbons (Fsp3) is 0.533. The topological polar surface area (TPSA) is 52.6 Å². The first kappa shape index (κ1) is 26.0. The number of hydrogen-bond donors (Lipinski definition) is 0. The lowest BCUT2D eigenvalue weighted by atomic mass is 9.53. The number of esters is 2. The van der Waals surface area contributed by atoms with Gasteiger partial charge in [-0.15, -0.1) is 0 Å². The third-order valence-electron chi connectivity index (χ3n) is 7.86. The van der Waals surface area contributed by atoms with Crippen molar-refractivity contribution in [2.24, 2.45) is 35.5 Å². The molecule has 2 fully saturated rings. The van der Waals surface area contributed by atoms with E-state index in [1.165, 1.54) is 11.6 Å². The average Bonchev–Trinajstić information content (AvgIpc) is 2.83. The highest BCUT2D eigenvalue weighted by Gasteiger charge is 2.50. The maximum absolute atomic E-state index is 12.9. The molecule has 0 bridgehead atoms. The van der Waals surface area contributed by atoms with Crippen molar-refractivity contribution < 1.29 is 19.1 Å². The van der Waals surface area contributed by atoms with E-state index >= 15 is 0 Å². The largest absolute Gasteiger partial charge is 0.463 e. The van der Waals surface area contributed by atoms with Gasteiger partial charge in [-0.05, 0) is 87.7 Å². The predicted octanol–water partition coefficient (Wildman–Crippen LogP) is 6.79. The summed E-state index contributed by atoms with van der Waals surface area (Å²) in [6.45, 7) is 11.2. The molecule has 4 nitrogen and oxygen atoms in total. The van der Waals surface area contributed by atoms with E-state index in [0.717, 1.165) is 19.3 Å². The van der Waals surface area contributed by atoms with Gasteiger partial charge < -0.3 is 9.47 Å². The SMILES string of the molecule is CC=C(C)C1[C@@H](C=CC=CC(=O)OCC)[C@H]2[C@@H](C[C@@H]1C)[C@@H](OC(=O)c1ccccc1)CC[C@@H]2C. The smallest absolute Gasteiger partial charge is 0.338 e. The highest BCUT2D eigenvalue weighted by Crippen LogP contribution is 2.54. The van der Waals surface area contributed by atoms with Gasteiger partial charge in [-0.25, -0.2) is 9.59 Å². The molecule has 0 amide bonds. The molecule has 2 aliphatic rings. The summed E-state index contributed by atoms with van der Waals surface area (Å²) in [4.78, 5) is 24.6. The minimum absolute atomic E-state index is 0.0609. The molecule has 184 valence electrons. The first-order chi connectivity index (χ1) is 16.4. The number of rotatable bonds is 7. The van der Waals surface area contributed by atoms with Gasteiger partial charge in [-0.1, -0.05) is 61.9 Å². The molecule has 4 heteroatoms. The van der Waals surface area contributed by atoms with Gasteiger partial charge >= 0.3 is 11.9 Å². The number of hydrogen-bond acceptors (Lipinski definition) is 4. The molecule has 3 rings (SSSR count). The Labute approximate surface area is 205 Å². The monoisotopic (exact) mass is 464 g/mol. The van der Waals surface area contributed by atoms with E-state index < -0.39 is 0 Å². The molecule has 0 aliphatic heterocycles. The molecule has 0 spiro atoms. The van der Waals surface area contributed by atoms with Crippen LogP contribution in [-0.2, 0) is 14.3 Å². The van der Waals surface area contributed by atoms with Crippen LogP contribution in [0.25, 0.3) is 0 Å². The zero-order valence-electron chi connectivity index (χ0n) is 21.3. The van der Waals surface area contributed by atoms with Crippen molar-refractivity contribution in [3.63, 3.8) is 0 Å². The van der Waals surface area contributed by atoms with E-state index in [2.05, 4.69) is 39.8 Å². The molecule has 34 heavy (non-hydrogen) atoms. The molecule has 0 N–H and O–H groups in total. The number of carbonyl (C=O) groups is 2. The Kier molecular flexibility index (Phi) is 9.32. The summed E-state index contributed by atoms with van der Waals surface area (Å²) in [5.74, 6) is 1.99. The normalized spacial score (nSPS) is 31.9. The predicted molar refractivity (Wildman–Crippen MR) is 136 cm³/mol. The van der Waals surface area contributed by atoms with Crippen molar-refractivity contribution in [2.75, 3.05) is 6.61 Å². The molecule has 1 aromatic rings. The van der Waals surface area contributed by atoms with Gasteiger partial charge in [0, 0.05) is 6.08 Å². The molecule has 0 saturated heterocycles. The second-order valence-corrected chi connectivity index (χ2v) is 9.95. The van der Waals surface area contributed by atoms with E-state index in [9.17, 15) is 9.59 Å². The lowest BCUT2D eigenvalue weighted by molar-refractivity contribution is -0.137. The number of fused-ring (bicyclic) bond motifs is 1. The summed E-state index contributed by atoms with van der Waals surface area (Å²) in [5.41, 5.74) is 2.02. The average molecular weight is 465 g/mol. The summed E-state index contributed by atoms with van der Waals surface area (Å²) in [7, 11) is 0. The van der Waals surface area contributed by atoms with Crippen LogP contribution in [0.15, 0.2) is 66.3 Å². The molecule has 2 aliphatic carbocycles. The Morgan fingerprint density at radius 1 is 1.06 bits per heavy atom. The van der Waals surface area contributed by atoms with Crippen LogP contribution in [-0.4, -0.2) is 24.6 Å². The van der Waals surface area contributed by atoms with Crippen LogP contribution in [0.1, 0.15) is 64.2 Å². The van der Waals surface area contributed by atoms with Crippen LogP contribution in [0, 0.1) is 35.5 Å². The zero-order chi connectivity index (χ0) is 24.7. The van der Waals surface area contributed by atoms with Crippen LogP contribution in [0.3, 0.4) is 0 Å². The summed E-state index contributed by atoms with van der Waals surface area (Å²) < 4.78 is 11.1. The Morgan fingerprint density at radius 2 is 1.79 bits per heavy atom. The Hall–Kier alpha value is -2.62. The van der Waals surface area contributed by atoms with Crippen LogP contribution >= 0.6 is 0 Å². The van der Waals surface area contributed by atoms with Crippen molar-refractivity contribution in [1.29, 1.82) is 0 Å². The number of benzene rings is 1. The second kappa shape index (κ2) is 12.2. The minimum Gasteiger partial charge on any atom is -0.463 e. The van der Waals surface area contributed by atoms with Gasteiger partial charge in [0.1, 0.15) is 6.10 Å². The standard InChI is InChI=1S/C30H40O4/c1-6-20(3)28-22(5)19-25-26(34-30(32)23-13-9-8-10-14-23)18-17-21(4)29(25)24(28)15-11-12-16-27(31)33-7-2/h6,8-16,21-22,24-26,28-29H,7,17-19H2,1-5H3/t21-,22-,24+,25-,26-,28?,29-/m0/s1. The summed E-state index contributed by atoms with van der Waals surface area (Å²) >= 11 is 0. The summed E-state index contributed by atoms with van der Waals surface area (Å²) in [5, 5.41) is 0. The van der Waals surface area contributed by atoms with Crippen LogP contribution < -0.4 is 0 Å². The van der Waals surface area contributed by atoms with Crippen LogP contribution in [0.4, 0.5) is 0 Å². The highest BCUT2D eigenvalue weighted by molar-refractivity contribution is 5.89. The van der Waals surface area contributed by atoms with Crippen molar-refractivity contribution in [3.8, 4) is 0 Å². The zero-order valence-corrected chi connectivity index (χ0v) is 21.3. The van der Waals surface area contributed by atoms with Crippen molar-refractivity contribution in [1.82, 2.24) is 0 Å². The quantitative estimate of drug-likeness (QED) is 0.193. The molecular formula is C30H40O4. The molecule has 7 atom stereocenters. The van der Waals surface area contributed by atoms with Crippen molar-refractivity contribution >= 4 is 11.9 Å². The van der Waals surface area contributed by atoms with E-state index in [1.807, 2.05) is 36.4 Å². The second-order valence-electron chi connectivity index (χ2n) is 9.95. The molecule has 0 aromatic heterocycles. The van der Waals surface area contributed by atoms with E-state index in [0.29, 0.717) is 47.7 Å². The van der Waals surface area contributed by atoms with Crippen LogP contribution in [0.5, 0.6) is 0 Å². The fourth-order valence-corrected chi connectivity index (χ4v) is 6.31. The van der Waals surface area contributed by atoms with Crippen molar-refractivity contribution in [3.05, 3.63) is 71.8 Å². The number of allylic oxidation sites excluding steroid dienone is 5. The number of carbonyl (C=O) groups excluding carboxylic acids is 2. The van der Waals surface area contributed by atoms with E-state index in [-0.39, 0.29) is 18.0 Å². The first-order valence-electron chi connectivity index (χ1n) is 12.8. The Morgan fingerprint density at radius 3 is 2.47 bits per heavy atom. The van der Waals surface area contributed by atoms with E-state index in [1.54, 1.807) is 13.0 Å². The maximum Gasteiger partial charge on any atom is 0.338 e. The fourth-order valence-electron chi connectivity index (χ4n) is 6.31. The molecule has 2 saturated carbocycles.